The van der Waals surface area contributed by atoms with Crippen molar-refractivity contribution in [2.75, 3.05) is 19.6 Å². The summed E-state index contributed by atoms with van der Waals surface area (Å²) in [4.78, 5) is 3.92. The smallest absolute Gasteiger partial charge is 0.0931 e. The highest BCUT2D eigenvalue weighted by Crippen LogP contribution is 2.25. The predicted octanol–water partition coefficient (Wildman–Crippen LogP) is 3.22. The van der Waals surface area contributed by atoms with E-state index in [2.05, 4.69) is 30.1 Å². The van der Waals surface area contributed by atoms with Gasteiger partial charge in [0.2, 0.25) is 0 Å². The lowest BCUT2D eigenvalue weighted by Gasteiger charge is -2.16. The number of rotatable bonds is 5. The number of nitrogens with zero attached hydrogens (tertiary/aromatic N) is 1. The molecule has 96 valence electrons. The molecule has 2 heterocycles. The molecule has 0 bridgehead atoms. The first-order valence-electron chi connectivity index (χ1n) is 6.33. The molecule has 1 N–H and O–H groups in total. The van der Waals surface area contributed by atoms with Crippen LogP contribution in [0.4, 0.5) is 0 Å². The van der Waals surface area contributed by atoms with E-state index in [1.807, 2.05) is 6.07 Å². The Morgan fingerprint density at radius 2 is 2.35 bits per heavy atom. The Labute approximate surface area is 113 Å². The summed E-state index contributed by atoms with van der Waals surface area (Å²) in [5.74, 6) is 0.813. The van der Waals surface area contributed by atoms with Crippen molar-refractivity contribution in [1.29, 1.82) is 0 Å². The minimum Gasteiger partial charge on any atom is -0.314 e. The van der Waals surface area contributed by atoms with Crippen LogP contribution in [0.15, 0.2) is 12.1 Å². The third kappa shape index (κ3) is 4.25. The second-order valence-electron chi connectivity index (χ2n) is 5.16. The third-order valence-electron chi connectivity index (χ3n) is 3.19. The van der Waals surface area contributed by atoms with E-state index in [1.54, 1.807) is 11.3 Å². The Kier molecular flexibility index (Phi) is 4.86. The van der Waals surface area contributed by atoms with Crippen LogP contribution < -0.4 is 5.32 Å². The van der Waals surface area contributed by atoms with E-state index >= 15 is 0 Å². The zero-order chi connectivity index (χ0) is 12.3. The lowest BCUT2D eigenvalue weighted by molar-refractivity contribution is 0.315. The molecular weight excluding hydrogens is 252 g/mol. The molecule has 0 amide bonds. The quantitative estimate of drug-likeness (QED) is 0.885. The minimum atomic E-state index is 0.597. The third-order valence-corrected chi connectivity index (χ3v) is 4.41. The highest BCUT2D eigenvalue weighted by atomic mass is 35.5. The molecule has 1 aliphatic rings. The molecule has 0 spiro atoms. The fraction of sp³-hybridized carbons (Fsp3) is 0.692. The largest absolute Gasteiger partial charge is 0.314 e. The summed E-state index contributed by atoms with van der Waals surface area (Å²) in [6.45, 7) is 9.07. The first kappa shape index (κ1) is 13.3. The number of halogens is 1. The first-order valence-corrected chi connectivity index (χ1v) is 7.53. The van der Waals surface area contributed by atoms with Crippen molar-refractivity contribution < 1.29 is 0 Å². The molecule has 2 nitrogen and oxygen atoms in total. The monoisotopic (exact) mass is 272 g/mol. The van der Waals surface area contributed by atoms with Crippen LogP contribution >= 0.6 is 22.9 Å². The molecule has 2 rings (SSSR count). The van der Waals surface area contributed by atoms with Crippen LogP contribution in [0.5, 0.6) is 0 Å². The standard InChI is InChI=1S/C13H21ClN2S/c1-10(2)15-7-11-5-6-16(8-11)9-12-3-4-13(14)17-12/h3-4,10-11,15H,5-9H2,1-2H3. The highest BCUT2D eigenvalue weighted by molar-refractivity contribution is 7.16. The molecular formula is C13H21ClN2S. The van der Waals surface area contributed by atoms with Gasteiger partial charge in [0.05, 0.1) is 4.34 Å². The molecule has 17 heavy (non-hydrogen) atoms. The molecule has 1 aromatic rings. The maximum absolute atomic E-state index is 5.95. The van der Waals surface area contributed by atoms with Gasteiger partial charge >= 0.3 is 0 Å². The van der Waals surface area contributed by atoms with Gasteiger partial charge in [0.15, 0.2) is 0 Å². The molecule has 1 saturated heterocycles. The predicted molar refractivity (Wildman–Crippen MR) is 75.9 cm³/mol. The van der Waals surface area contributed by atoms with Crippen LogP contribution in [0.1, 0.15) is 25.1 Å². The second kappa shape index (κ2) is 6.19. The fourth-order valence-corrected chi connectivity index (χ4v) is 3.41. The van der Waals surface area contributed by atoms with Gasteiger partial charge in [-0.05, 0) is 37.6 Å². The summed E-state index contributed by atoms with van der Waals surface area (Å²) in [6, 6.07) is 4.74. The van der Waals surface area contributed by atoms with E-state index in [0.29, 0.717) is 6.04 Å². The Morgan fingerprint density at radius 1 is 1.53 bits per heavy atom. The van der Waals surface area contributed by atoms with Gasteiger partial charge in [-0.3, -0.25) is 4.90 Å². The van der Waals surface area contributed by atoms with Crippen LogP contribution in [-0.4, -0.2) is 30.6 Å². The number of hydrogen-bond donors (Lipinski definition) is 1. The molecule has 0 aliphatic carbocycles. The fourth-order valence-electron chi connectivity index (χ4n) is 2.28. The van der Waals surface area contributed by atoms with Gasteiger partial charge < -0.3 is 5.32 Å². The van der Waals surface area contributed by atoms with Gasteiger partial charge in [-0.1, -0.05) is 25.4 Å². The van der Waals surface area contributed by atoms with Crippen molar-refractivity contribution in [3.8, 4) is 0 Å². The maximum atomic E-state index is 5.95. The molecule has 4 heteroatoms. The van der Waals surface area contributed by atoms with E-state index < -0.39 is 0 Å². The summed E-state index contributed by atoms with van der Waals surface area (Å²) >= 11 is 7.65. The van der Waals surface area contributed by atoms with Crippen molar-refractivity contribution in [3.05, 3.63) is 21.3 Å². The molecule has 1 fully saturated rings. The Hall–Kier alpha value is -0.0900. The number of likely N-dealkylation sites (tertiary alicyclic amines) is 1. The average Bonchev–Trinajstić information content (AvgIpc) is 2.86. The van der Waals surface area contributed by atoms with E-state index in [1.165, 1.54) is 24.4 Å². The minimum absolute atomic E-state index is 0.597. The zero-order valence-electron chi connectivity index (χ0n) is 10.6. The normalized spacial score (nSPS) is 21.5. The Balaban J connectivity index is 1.74. The zero-order valence-corrected chi connectivity index (χ0v) is 12.2. The lowest BCUT2D eigenvalue weighted by atomic mass is 10.1. The van der Waals surface area contributed by atoms with E-state index in [4.69, 9.17) is 11.6 Å². The Morgan fingerprint density at radius 3 is 3.00 bits per heavy atom. The molecule has 0 saturated carbocycles. The van der Waals surface area contributed by atoms with Crippen molar-refractivity contribution in [2.24, 2.45) is 5.92 Å². The van der Waals surface area contributed by atoms with E-state index in [0.717, 1.165) is 23.3 Å². The van der Waals surface area contributed by atoms with Gasteiger partial charge in [-0.15, -0.1) is 11.3 Å². The topological polar surface area (TPSA) is 15.3 Å². The van der Waals surface area contributed by atoms with E-state index in [-0.39, 0.29) is 0 Å². The molecule has 0 radical (unpaired) electrons. The van der Waals surface area contributed by atoms with Crippen LogP contribution in [0, 0.1) is 5.92 Å². The average molecular weight is 273 g/mol. The van der Waals surface area contributed by atoms with Crippen molar-refractivity contribution in [2.45, 2.75) is 32.9 Å². The van der Waals surface area contributed by atoms with E-state index in [9.17, 15) is 0 Å². The van der Waals surface area contributed by atoms with Crippen molar-refractivity contribution in [3.63, 3.8) is 0 Å². The number of hydrogen-bond acceptors (Lipinski definition) is 3. The van der Waals surface area contributed by atoms with Gasteiger partial charge in [-0.25, -0.2) is 0 Å². The summed E-state index contributed by atoms with van der Waals surface area (Å²) in [6.07, 6.45) is 1.32. The summed E-state index contributed by atoms with van der Waals surface area (Å²) in [7, 11) is 0. The lowest BCUT2D eigenvalue weighted by Crippen LogP contribution is -2.30. The number of thiophene rings is 1. The maximum Gasteiger partial charge on any atom is 0.0931 e. The van der Waals surface area contributed by atoms with Crippen LogP contribution in [0.3, 0.4) is 0 Å². The number of nitrogens with one attached hydrogen (secondary N) is 1. The van der Waals surface area contributed by atoms with Gasteiger partial charge in [0.25, 0.3) is 0 Å². The second-order valence-corrected chi connectivity index (χ2v) is 6.96. The summed E-state index contributed by atoms with van der Waals surface area (Å²) in [5, 5.41) is 3.53. The van der Waals surface area contributed by atoms with Gasteiger partial charge in [0.1, 0.15) is 0 Å². The molecule has 0 aromatic carbocycles. The molecule has 1 aliphatic heterocycles. The summed E-state index contributed by atoms with van der Waals surface area (Å²) < 4.78 is 0.900. The highest BCUT2D eigenvalue weighted by Gasteiger charge is 2.22. The summed E-state index contributed by atoms with van der Waals surface area (Å²) in [5.41, 5.74) is 0. The SMILES string of the molecule is CC(C)NCC1CCN(Cc2ccc(Cl)s2)C1. The Bertz CT molecular complexity index is 351. The van der Waals surface area contributed by atoms with Crippen LogP contribution in [0.25, 0.3) is 0 Å². The van der Waals surface area contributed by atoms with Gasteiger partial charge in [-0.2, -0.15) is 0 Å². The van der Waals surface area contributed by atoms with Crippen LogP contribution in [-0.2, 0) is 6.54 Å². The molecule has 1 aromatic heterocycles. The van der Waals surface area contributed by atoms with Crippen molar-refractivity contribution in [1.82, 2.24) is 10.2 Å². The molecule has 1 unspecified atom stereocenters. The molecule has 1 atom stereocenters. The van der Waals surface area contributed by atoms with Crippen molar-refractivity contribution >= 4 is 22.9 Å². The van der Waals surface area contributed by atoms with Gasteiger partial charge in [0, 0.05) is 24.0 Å². The first-order chi connectivity index (χ1) is 8.13. The van der Waals surface area contributed by atoms with Crippen LogP contribution in [0.2, 0.25) is 4.34 Å².